The molecule has 0 saturated carbocycles. The fourth-order valence-corrected chi connectivity index (χ4v) is 1.84. The lowest BCUT2D eigenvalue weighted by atomic mass is 10.1. The number of halogens is 1. The molecule has 2 N–H and O–H groups in total. The lowest BCUT2D eigenvalue weighted by molar-refractivity contribution is 0.418. The number of H-pyrrole nitrogens is 1. The van der Waals surface area contributed by atoms with Gasteiger partial charge in [-0.1, -0.05) is 28.1 Å². The van der Waals surface area contributed by atoms with Gasteiger partial charge in [-0.05, 0) is 38.5 Å². The second-order valence-electron chi connectivity index (χ2n) is 5.35. The SMILES string of the molecule is CC(C)(C)NCc1ncc(-c2ccc(Br)cc2)[nH]1. The van der Waals surface area contributed by atoms with Crippen LogP contribution in [0.25, 0.3) is 11.3 Å². The third-order valence-electron chi connectivity index (χ3n) is 2.57. The van der Waals surface area contributed by atoms with Crippen molar-refractivity contribution in [3.63, 3.8) is 0 Å². The van der Waals surface area contributed by atoms with Gasteiger partial charge < -0.3 is 10.3 Å². The molecular formula is C14H18BrN3. The van der Waals surface area contributed by atoms with Crippen molar-refractivity contribution in [3.05, 3.63) is 40.8 Å². The van der Waals surface area contributed by atoms with E-state index in [2.05, 4.69) is 64.1 Å². The fraction of sp³-hybridized carbons (Fsp3) is 0.357. The van der Waals surface area contributed by atoms with Crippen LogP contribution in [0.1, 0.15) is 26.6 Å². The lowest BCUT2D eigenvalue weighted by Gasteiger charge is -2.19. The molecule has 2 aromatic rings. The van der Waals surface area contributed by atoms with Gasteiger partial charge in [0, 0.05) is 10.0 Å². The van der Waals surface area contributed by atoms with E-state index in [1.54, 1.807) is 0 Å². The minimum absolute atomic E-state index is 0.102. The summed E-state index contributed by atoms with van der Waals surface area (Å²) in [6.07, 6.45) is 1.88. The van der Waals surface area contributed by atoms with Crippen LogP contribution in [0.4, 0.5) is 0 Å². The maximum atomic E-state index is 4.39. The van der Waals surface area contributed by atoms with Crippen molar-refractivity contribution >= 4 is 15.9 Å². The number of nitrogens with zero attached hydrogens (tertiary/aromatic N) is 1. The van der Waals surface area contributed by atoms with E-state index >= 15 is 0 Å². The first kappa shape index (κ1) is 13.3. The Hall–Kier alpha value is -1.13. The van der Waals surface area contributed by atoms with E-state index in [4.69, 9.17) is 0 Å². The van der Waals surface area contributed by atoms with Gasteiger partial charge in [0.25, 0.3) is 0 Å². The van der Waals surface area contributed by atoms with Crippen LogP contribution < -0.4 is 5.32 Å². The highest BCUT2D eigenvalue weighted by atomic mass is 79.9. The molecule has 1 aromatic heterocycles. The molecule has 0 amide bonds. The maximum absolute atomic E-state index is 4.39. The molecular weight excluding hydrogens is 290 g/mol. The van der Waals surface area contributed by atoms with E-state index in [9.17, 15) is 0 Å². The van der Waals surface area contributed by atoms with Crippen molar-refractivity contribution in [1.29, 1.82) is 0 Å². The second kappa shape index (κ2) is 5.24. The summed E-state index contributed by atoms with van der Waals surface area (Å²) in [6, 6.07) is 8.20. The van der Waals surface area contributed by atoms with E-state index in [1.807, 2.05) is 18.3 Å². The van der Waals surface area contributed by atoms with Crippen LogP contribution in [-0.2, 0) is 6.54 Å². The minimum atomic E-state index is 0.102. The molecule has 3 nitrogen and oxygen atoms in total. The highest BCUT2D eigenvalue weighted by Gasteiger charge is 2.10. The van der Waals surface area contributed by atoms with Gasteiger partial charge in [0.15, 0.2) is 0 Å². The number of hydrogen-bond acceptors (Lipinski definition) is 2. The normalized spacial score (nSPS) is 11.8. The van der Waals surface area contributed by atoms with Crippen LogP contribution >= 0.6 is 15.9 Å². The van der Waals surface area contributed by atoms with E-state index < -0.39 is 0 Å². The molecule has 0 bridgehead atoms. The summed E-state index contributed by atoms with van der Waals surface area (Å²) in [4.78, 5) is 7.72. The van der Waals surface area contributed by atoms with Crippen LogP contribution in [-0.4, -0.2) is 15.5 Å². The molecule has 0 fully saturated rings. The third kappa shape index (κ3) is 3.68. The average Bonchev–Trinajstić information content (AvgIpc) is 2.75. The predicted octanol–water partition coefficient (Wildman–Crippen LogP) is 3.73. The van der Waals surface area contributed by atoms with Crippen LogP contribution in [0, 0.1) is 0 Å². The lowest BCUT2D eigenvalue weighted by Crippen LogP contribution is -2.35. The smallest absolute Gasteiger partial charge is 0.120 e. The molecule has 0 aliphatic heterocycles. The van der Waals surface area contributed by atoms with Gasteiger partial charge in [0.05, 0.1) is 18.4 Å². The summed E-state index contributed by atoms with van der Waals surface area (Å²) >= 11 is 3.43. The molecule has 0 unspecified atom stereocenters. The van der Waals surface area contributed by atoms with Crippen molar-refractivity contribution in [2.24, 2.45) is 0 Å². The molecule has 0 aliphatic carbocycles. The zero-order valence-corrected chi connectivity index (χ0v) is 12.5. The topological polar surface area (TPSA) is 40.7 Å². The standard InChI is InChI=1S/C14H18BrN3/c1-14(2,3)17-9-13-16-8-12(18-13)10-4-6-11(15)7-5-10/h4-8,17H,9H2,1-3H3,(H,16,18). The highest BCUT2D eigenvalue weighted by Crippen LogP contribution is 2.20. The number of nitrogens with one attached hydrogen (secondary N) is 2. The molecule has 96 valence electrons. The molecule has 4 heteroatoms. The molecule has 18 heavy (non-hydrogen) atoms. The molecule has 0 atom stereocenters. The first-order valence-corrected chi connectivity index (χ1v) is 6.78. The van der Waals surface area contributed by atoms with Crippen molar-refractivity contribution in [3.8, 4) is 11.3 Å². The van der Waals surface area contributed by atoms with Crippen LogP contribution in [0.3, 0.4) is 0 Å². The molecule has 0 spiro atoms. The van der Waals surface area contributed by atoms with Crippen molar-refractivity contribution in [2.75, 3.05) is 0 Å². The van der Waals surface area contributed by atoms with Crippen molar-refractivity contribution in [1.82, 2.24) is 15.3 Å². The van der Waals surface area contributed by atoms with Crippen LogP contribution in [0.2, 0.25) is 0 Å². The van der Waals surface area contributed by atoms with Gasteiger partial charge >= 0.3 is 0 Å². The Labute approximate surface area is 116 Å². The molecule has 1 heterocycles. The Bertz CT molecular complexity index is 509. The summed E-state index contributed by atoms with van der Waals surface area (Å²) in [5, 5.41) is 3.41. The van der Waals surface area contributed by atoms with E-state index in [-0.39, 0.29) is 5.54 Å². The zero-order chi connectivity index (χ0) is 13.2. The molecule has 0 radical (unpaired) electrons. The van der Waals surface area contributed by atoms with E-state index in [0.717, 1.165) is 28.1 Å². The Balaban J connectivity index is 2.08. The number of aromatic nitrogens is 2. The van der Waals surface area contributed by atoms with Gasteiger partial charge in [0.2, 0.25) is 0 Å². The summed E-state index contributed by atoms with van der Waals surface area (Å²) in [5.41, 5.74) is 2.30. The second-order valence-corrected chi connectivity index (χ2v) is 6.27. The quantitative estimate of drug-likeness (QED) is 0.907. The minimum Gasteiger partial charge on any atom is -0.341 e. The maximum Gasteiger partial charge on any atom is 0.120 e. The zero-order valence-electron chi connectivity index (χ0n) is 10.9. The van der Waals surface area contributed by atoms with Crippen molar-refractivity contribution < 1.29 is 0 Å². The Morgan fingerprint density at radius 3 is 2.50 bits per heavy atom. The first-order valence-electron chi connectivity index (χ1n) is 5.99. The summed E-state index contributed by atoms with van der Waals surface area (Å²) in [5.74, 6) is 0.961. The summed E-state index contributed by atoms with van der Waals surface area (Å²) < 4.78 is 1.08. The molecule has 1 aromatic carbocycles. The monoisotopic (exact) mass is 307 g/mol. The highest BCUT2D eigenvalue weighted by molar-refractivity contribution is 9.10. The average molecular weight is 308 g/mol. The van der Waals surface area contributed by atoms with Gasteiger partial charge in [-0.3, -0.25) is 0 Å². The molecule has 0 aliphatic rings. The molecule has 2 rings (SSSR count). The van der Waals surface area contributed by atoms with Crippen molar-refractivity contribution in [2.45, 2.75) is 32.9 Å². The Morgan fingerprint density at radius 1 is 1.22 bits per heavy atom. The largest absolute Gasteiger partial charge is 0.341 e. The van der Waals surface area contributed by atoms with Crippen LogP contribution in [0.15, 0.2) is 34.9 Å². The van der Waals surface area contributed by atoms with Gasteiger partial charge in [-0.25, -0.2) is 4.98 Å². The number of rotatable bonds is 3. The van der Waals surface area contributed by atoms with E-state index in [1.165, 1.54) is 0 Å². The van der Waals surface area contributed by atoms with Gasteiger partial charge in [0.1, 0.15) is 5.82 Å². The Kier molecular flexibility index (Phi) is 3.88. The molecule has 0 saturated heterocycles. The van der Waals surface area contributed by atoms with E-state index in [0.29, 0.717) is 0 Å². The first-order chi connectivity index (χ1) is 8.44. The number of imidazole rings is 1. The Morgan fingerprint density at radius 2 is 1.89 bits per heavy atom. The predicted molar refractivity (Wildman–Crippen MR) is 78.3 cm³/mol. The van der Waals surface area contributed by atoms with Crippen LogP contribution in [0.5, 0.6) is 0 Å². The number of benzene rings is 1. The number of hydrogen-bond donors (Lipinski definition) is 2. The van der Waals surface area contributed by atoms with Gasteiger partial charge in [-0.2, -0.15) is 0 Å². The fourth-order valence-electron chi connectivity index (χ4n) is 1.58. The summed E-state index contributed by atoms with van der Waals surface area (Å²) in [7, 11) is 0. The third-order valence-corrected chi connectivity index (χ3v) is 3.10. The number of aromatic amines is 1. The van der Waals surface area contributed by atoms with Gasteiger partial charge in [-0.15, -0.1) is 0 Å². The summed E-state index contributed by atoms with van der Waals surface area (Å²) in [6.45, 7) is 7.18.